The Bertz CT molecular complexity index is 486. The fourth-order valence-corrected chi connectivity index (χ4v) is 2.24. The van der Waals surface area contributed by atoms with Gasteiger partial charge in [0.05, 0.1) is 17.3 Å². The minimum atomic E-state index is -0.867. The minimum Gasteiger partial charge on any atom is -0.388 e. The van der Waals surface area contributed by atoms with Gasteiger partial charge in [-0.2, -0.15) is 0 Å². The number of nitrogens with zero attached hydrogens (tertiary/aromatic N) is 2. The molecule has 2 aromatic rings. The Balaban J connectivity index is 2.14. The molecule has 16 heavy (non-hydrogen) atoms. The summed E-state index contributed by atoms with van der Waals surface area (Å²) in [6, 6.07) is 1.49. The number of aromatic nitrogens is 2. The van der Waals surface area contributed by atoms with Crippen molar-refractivity contribution >= 4 is 11.3 Å². The van der Waals surface area contributed by atoms with Gasteiger partial charge in [-0.1, -0.05) is 0 Å². The highest BCUT2D eigenvalue weighted by Gasteiger charge is 2.14. The van der Waals surface area contributed by atoms with Crippen molar-refractivity contribution in [2.75, 3.05) is 0 Å². The van der Waals surface area contributed by atoms with E-state index in [1.54, 1.807) is 0 Å². The molecule has 0 fully saturated rings. The first-order valence-corrected chi connectivity index (χ1v) is 5.73. The van der Waals surface area contributed by atoms with E-state index in [2.05, 4.69) is 9.97 Å². The van der Waals surface area contributed by atoms with Gasteiger partial charge in [0.2, 0.25) is 0 Å². The maximum absolute atomic E-state index is 13.3. The van der Waals surface area contributed by atoms with Crippen LogP contribution in [0.2, 0.25) is 0 Å². The van der Waals surface area contributed by atoms with Gasteiger partial charge in [-0.05, 0) is 13.0 Å². The van der Waals surface area contributed by atoms with Crippen molar-refractivity contribution in [1.82, 2.24) is 9.97 Å². The second kappa shape index (κ2) is 4.67. The highest BCUT2D eigenvalue weighted by molar-refractivity contribution is 7.09. The van der Waals surface area contributed by atoms with E-state index in [1.807, 2.05) is 12.3 Å². The number of hydrogen-bond acceptors (Lipinski definition) is 4. The Morgan fingerprint density at radius 2 is 2.38 bits per heavy atom. The van der Waals surface area contributed by atoms with E-state index in [-0.39, 0.29) is 5.56 Å². The van der Waals surface area contributed by atoms with Crippen LogP contribution in [0.3, 0.4) is 0 Å². The van der Waals surface area contributed by atoms with Gasteiger partial charge in [0.25, 0.3) is 0 Å². The lowest BCUT2D eigenvalue weighted by molar-refractivity contribution is 0.173. The second-order valence-electron chi connectivity index (χ2n) is 3.50. The summed E-state index contributed by atoms with van der Waals surface area (Å²) >= 11 is 1.47. The van der Waals surface area contributed by atoms with Crippen LogP contribution in [0, 0.1) is 12.7 Å². The number of pyridine rings is 1. The molecule has 0 aliphatic carbocycles. The molecule has 1 atom stereocenters. The molecule has 0 bridgehead atoms. The third kappa shape index (κ3) is 2.43. The lowest BCUT2D eigenvalue weighted by atomic mass is 10.1. The average molecular weight is 238 g/mol. The molecule has 0 aliphatic heterocycles. The van der Waals surface area contributed by atoms with E-state index in [1.165, 1.54) is 23.6 Å². The predicted octanol–water partition coefficient (Wildman–Crippen LogP) is 2.26. The fourth-order valence-electron chi connectivity index (χ4n) is 1.43. The second-order valence-corrected chi connectivity index (χ2v) is 4.44. The van der Waals surface area contributed by atoms with Crippen LogP contribution >= 0.6 is 11.3 Å². The summed E-state index contributed by atoms with van der Waals surface area (Å²) in [6.45, 7) is 1.89. The smallest absolute Gasteiger partial charge is 0.147 e. The fraction of sp³-hybridized carbons (Fsp3) is 0.273. The summed E-state index contributed by atoms with van der Waals surface area (Å²) < 4.78 is 13.3. The van der Waals surface area contributed by atoms with Gasteiger partial charge in [0, 0.05) is 29.3 Å². The van der Waals surface area contributed by atoms with Crippen LogP contribution < -0.4 is 0 Å². The first kappa shape index (κ1) is 11.2. The zero-order chi connectivity index (χ0) is 11.5. The van der Waals surface area contributed by atoms with E-state index in [0.29, 0.717) is 6.42 Å². The summed E-state index contributed by atoms with van der Waals surface area (Å²) in [7, 11) is 0. The molecule has 2 heterocycles. The Morgan fingerprint density at radius 1 is 1.56 bits per heavy atom. The Labute approximate surface area is 96.6 Å². The van der Waals surface area contributed by atoms with Crippen molar-refractivity contribution in [1.29, 1.82) is 0 Å². The quantitative estimate of drug-likeness (QED) is 0.892. The minimum absolute atomic E-state index is 0.267. The molecule has 0 amide bonds. The summed E-state index contributed by atoms with van der Waals surface area (Å²) in [5.41, 5.74) is 1.19. The molecule has 84 valence electrons. The number of hydrogen-bond donors (Lipinski definition) is 1. The molecule has 2 rings (SSSR count). The molecule has 0 spiro atoms. The Kier molecular flexibility index (Phi) is 3.26. The predicted molar refractivity (Wildman–Crippen MR) is 59.7 cm³/mol. The number of thiazole rings is 1. The van der Waals surface area contributed by atoms with Crippen molar-refractivity contribution < 1.29 is 9.50 Å². The van der Waals surface area contributed by atoms with Crippen molar-refractivity contribution in [2.24, 2.45) is 0 Å². The van der Waals surface area contributed by atoms with Crippen molar-refractivity contribution in [2.45, 2.75) is 19.4 Å². The summed E-state index contributed by atoms with van der Waals surface area (Å²) in [5.74, 6) is -0.483. The van der Waals surface area contributed by atoms with E-state index in [9.17, 15) is 9.50 Å². The highest BCUT2D eigenvalue weighted by Crippen LogP contribution is 2.21. The van der Waals surface area contributed by atoms with Crippen LogP contribution in [0.1, 0.15) is 22.4 Å². The molecule has 2 aromatic heterocycles. The van der Waals surface area contributed by atoms with Crippen LogP contribution in [0.4, 0.5) is 4.39 Å². The van der Waals surface area contributed by atoms with Gasteiger partial charge in [0.15, 0.2) is 0 Å². The van der Waals surface area contributed by atoms with Gasteiger partial charge in [-0.3, -0.25) is 4.98 Å². The van der Waals surface area contributed by atoms with Crippen molar-refractivity contribution in [3.8, 4) is 0 Å². The van der Waals surface area contributed by atoms with Gasteiger partial charge in [-0.25, -0.2) is 9.37 Å². The Hall–Kier alpha value is -1.33. The third-order valence-electron chi connectivity index (χ3n) is 2.20. The third-order valence-corrected chi connectivity index (χ3v) is 3.19. The maximum atomic E-state index is 13.3. The van der Waals surface area contributed by atoms with Crippen LogP contribution in [0.5, 0.6) is 0 Å². The molecular weight excluding hydrogens is 227 g/mol. The van der Waals surface area contributed by atoms with E-state index < -0.39 is 11.9 Å². The van der Waals surface area contributed by atoms with E-state index in [4.69, 9.17) is 0 Å². The molecular formula is C11H11FN2OS. The summed E-state index contributed by atoms with van der Waals surface area (Å²) in [4.78, 5) is 7.87. The van der Waals surface area contributed by atoms with Crippen LogP contribution in [0.25, 0.3) is 0 Å². The highest BCUT2D eigenvalue weighted by atomic mass is 32.1. The largest absolute Gasteiger partial charge is 0.388 e. The normalized spacial score (nSPS) is 12.7. The molecule has 0 saturated heterocycles. The summed E-state index contributed by atoms with van der Waals surface area (Å²) in [6.07, 6.45) is 2.04. The molecule has 1 unspecified atom stereocenters. The first-order chi connectivity index (χ1) is 7.66. The van der Waals surface area contributed by atoms with Crippen LogP contribution in [-0.2, 0) is 6.42 Å². The van der Waals surface area contributed by atoms with Crippen LogP contribution in [-0.4, -0.2) is 15.1 Å². The van der Waals surface area contributed by atoms with Gasteiger partial charge < -0.3 is 5.11 Å². The number of aliphatic hydroxyl groups is 1. The number of aryl methyl sites for hydroxylation is 1. The van der Waals surface area contributed by atoms with Gasteiger partial charge >= 0.3 is 0 Å². The van der Waals surface area contributed by atoms with E-state index >= 15 is 0 Å². The Morgan fingerprint density at radius 3 is 3.00 bits per heavy atom. The molecule has 0 aliphatic rings. The van der Waals surface area contributed by atoms with Crippen molar-refractivity contribution in [3.63, 3.8) is 0 Å². The molecule has 1 N–H and O–H groups in total. The van der Waals surface area contributed by atoms with Crippen molar-refractivity contribution in [3.05, 3.63) is 45.9 Å². The molecule has 3 nitrogen and oxygen atoms in total. The van der Waals surface area contributed by atoms with Gasteiger partial charge in [0.1, 0.15) is 5.82 Å². The standard InChI is InChI=1S/C11H11FN2OS/c1-7-6-16-11(14-7)4-10(15)8-2-3-13-5-9(8)12/h2-3,5-6,10,15H,4H2,1H3. The van der Waals surface area contributed by atoms with Crippen LogP contribution in [0.15, 0.2) is 23.8 Å². The zero-order valence-electron chi connectivity index (χ0n) is 8.72. The molecule has 5 heteroatoms. The molecule has 0 radical (unpaired) electrons. The average Bonchev–Trinajstić information content (AvgIpc) is 2.64. The lowest BCUT2D eigenvalue weighted by Gasteiger charge is -2.09. The number of halogens is 1. The van der Waals surface area contributed by atoms with Gasteiger partial charge in [-0.15, -0.1) is 11.3 Å². The molecule has 0 saturated carbocycles. The topological polar surface area (TPSA) is 46.0 Å². The monoisotopic (exact) mass is 238 g/mol. The molecule has 0 aromatic carbocycles. The van der Waals surface area contributed by atoms with E-state index in [0.717, 1.165) is 16.9 Å². The lowest BCUT2D eigenvalue weighted by Crippen LogP contribution is -2.04. The number of aliphatic hydroxyl groups excluding tert-OH is 1. The first-order valence-electron chi connectivity index (χ1n) is 4.85. The SMILES string of the molecule is Cc1csc(CC(O)c2ccncc2F)n1. The number of rotatable bonds is 3. The summed E-state index contributed by atoms with van der Waals surface area (Å²) in [5, 5.41) is 12.6. The maximum Gasteiger partial charge on any atom is 0.147 e. The zero-order valence-corrected chi connectivity index (χ0v) is 9.54.